The van der Waals surface area contributed by atoms with Crippen LogP contribution in [0.1, 0.15) is 5.56 Å². The Kier molecular flexibility index (Phi) is 6.41. The first-order chi connectivity index (χ1) is 11.0. The molecular weight excluding hydrogens is 338 g/mol. The van der Waals surface area contributed by atoms with Gasteiger partial charge in [0, 0.05) is 11.6 Å². The molecule has 0 bridgehead atoms. The van der Waals surface area contributed by atoms with E-state index in [9.17, 15) is 8.42 Å². The largest absolute Gasteiger partial charge is 0.495 e. The molecule has 0 aliphatic heterocycles. The third-order valence-corrected chi connectivity index (χ3v) is 4.78. The van der Waals surface area contributed by atoms with Crippen molar-refractivity contribution in [2.75, 3.05) is 20.3 Å². The van der Waals surface area contributed by atoms with E-state index in [2.05, 4.69) is 4.72 Å². The fraction of sp³-hybridized carbons (Fsp3) is 0.250. The molecule has 0 spiro atoms. The first-order valence-electron chi connectivity index (χ1n) is 6.98. The van der Waals surface area contributed by atoms with Crippen molar-refractivity contribution >= 4 is 21.6 Å². The van der Waals surface area contributed by atoms with Crippen LogP contribution in [-0.2, 0) is 21.4 Å². The molecule has 2 rings (SSSR count). The van der Waals surface area contributed by atoms with Crippen LogP contribution in [0.5, 0.6) is 5.75 Å². The van der Waals surface area contributed by atoms with E-state index in [4.69, 9.17) is 21.1 Å². The number of sulfonamides is 1. The second-order valence-corrected chi connectivity index (χ2v) is 6.90. The van der Waals surface area contributed by atoms with Crippen molar-refractivity contribution < 1.29 is 17.9 Å². The van der Waals surface area contributed by atoms with E-state index in [1.54, 1.807) is 6.07 Å². The van der Waals surface area contributed by atoms with E-state index in [1.165, 1.54) is 19.2 Å². The fourth-order valence-corrected chi connectivity index (χ4v) is 3.39. The average Bonchev–Trinajstić information content (AvgIpc) is 2.55. The average molecular weight is 356 g/mol. The molecule has 0 unspecified atom stereocenters. The van der Waals surface area contributed by atoms with E-state index in [1.807, 2.05) is 30.3 Å². The number of ether oxygens (including phenoxy) is 2. The topological polar surface area (TPSA) is 64.6 Å². The highest BCUT2D eigenvalue weighted by molar-refractivity contribution is 7.89. The molecule has 0 aliphatic carbocycles. The third kappa shape index (κ3) is 5.21. The number of benzene rings is 2. The van der Waals surface area contributed by atoms with Gasteiger partial charge in [-0.05, 0) is 23.8 Å². The molecule has 1 N–H and O–H groups in total. The van der Waals surface area contributed by atoms with Crippen molar-refractivity contribution in [1.82, 2.24) is 4.72 Å². The van der Waals surface area contributed by atoms with Gasteiger partial charge in [0.1, 0.15) is 10.6 Å². The predicted molar refractivity (Wildman–Crippen MR) is 89.3 cm³/mol. The molecule has 23 heavy (non-hydrogen) atoms. The molecule has 2 aromatic carbocycles. The molecule has 0 atom stereocenters. The zero-order valence-corrected chi connectivity index (χ0v) is 14.2. The van der Waals surface area contributed by atoms with Gasteiger partial charge in [-0.15, -0.1) is 0 Å². The number of methoxy groups -OCH3 is 1. The van der Waals surface area contributed by atoms with Crippen LogP contribution in [-0.4, -0.2) is 28.7 Å². The lowest BCUT2D eigenvalue weighted by atomic mass is 10.2. The maximum atomic E-state index is 12.3. The molecule has 0 aliphatic rings. The minimum Gasteiger partial charge on any atom is -0.495 e. The number of hydrogen-bond donors (Lipinski definition) is 1. The van der Waals surface area contributed by atoms with Crippen molar-refractivity contribution in [2.24, 2.45) is 0 Å². The van der Waals surface area contributed by atoms with Crippen molar-refractivity contribution in [3.05, 3.63) is 59.1 Å². The zero-order chi connectivity index (χ0) is 16.7. The fourth-order valence-electron chi connectivity index (χ4n) is 1.95. The van der Waals surface area contributed by atoms with Crippen LogP contribution in [0.2, 0.25) is 5.02 Å². The molecule has 0 saturated heterocycles. The molecule has 124 valence electrons. The highest BCUT2D eigenvalue weighted by atomic mass is 35.5. The number of rotatable bonds is 8. The van der Waals surface area contributed by atoms with Crippen molar-refractivity contribution in [1.29, 1.82) is 0 Å². The molecule has 5 nitrogen and oxygen atoms in total. The van der Waals surface area contributed by atoms with Crippen LogP contribution in [0.4, 0.5) is 0 Å². The normalized spacial score (nSPS) is 11.4. The number of halogens is 1. The summed E-state index contributed by atoms with van der Waals surface area (Å²) in [4.78, 5) is 0.00978. The Morgan fingerprint density at radius 2 is 1.87 bits per heavy atom. The van der Waals surface area contributed by atoms with Crippen LogP contribution < -0.4 is 9.46 Å². The second kappa shape index (κ2) is 8.31. The summed E-state index contributed by atoms with van der Waals surface area (Å²) in [5.41, 5.74) is 1.03. The molecule has 0 radical (unpaired) electrons. The number of nitrogens with one attached hydrogen (secondary N) is 1. The summed E-state index contributed by atoms with van der Waals surface area (Å²) >= 11 is 5.86. The van der Waals surface area contributed by atoms with Gasteiger partial charge in [-0.2, -0.15) is 0 Å². The molecule has 0 amide bonds. The van der Waals surface area contributed by atoms with Gasteiger partial charge in [0.25, 0.3) is 0 Å². The standard InChI is InChI=1S/C16H18ClNO4S/c1-21-15-8-7-14(17)11-16(15)23(19,20)18-9-10-22-12-13-5-3-2-4-6-13/h2-8,11,18H,9-10,12H2,1H3. The van der Waals surface area contributed by atoms with Crippen LogP contribution in [0.15, 0.2) is 53.4 Å². The lowest BCUT2D eigenvalue weighted by Crippen LogP contribution is -2.27. The first-order valence-corrected chi connectivity index (χ1v) is 8.84. The van der Waals surface area contributed by atoms with Gasteiger partial charge in [-0.1, -0.05) is 41.9 Å². The Bertz CT molecular complexity index is 735. The van der Waals surface area contributed by atoms with Crippen LogP contribution >= 0.6 is 11.6 Å². The summed E-state index contributed by atoms with van der Waals surface area (Å²) in [6.45, 7) is 0.852. The Hall–Kier alpha value is -1.60. The molecule has 0 fully saturated rings. The smallest absolute Gasteiger partial charge is 0.244 e. The third-order valence-electron chi connectivity index (χ3n) is 3.07. The highest BCUT2D eigenvalue weighted by Gasteiger charge is 2.19. The van der Waals surface area contributed by atoms with Gasteiger partial charge in [-0.25, -0.2) is 13.1 Å². The lowest BCUT2D eigenvalue weighted by molar-refractivity contribution is 0.126. The highest BCUT2D eigenvalue weighted by Crippen LogP contribution is 2.26. The van der Waals surface area contributed by atoms with Gasteiger partial charge in [0.15, 0.2) is 0 Å². The minimum absolute atomic E-state index is 0.00978. The number of hydrogen-bond acceptors (Lipinski definition) is 4. The SMILES string of the molecule is COc1ccc(Cl)cc1S(=O)(=O)NCCOCc1ccccc1. The van der Waals surface area contributed by atoms with Gasteiger partial charge >= 0.3 is 0 Å². The quantitative estimate of drug-likeness (QED) is 0.739. The van der Waals surface area contributed by atoms with E-state index in [0.717, 1.165) is 5.56 Å². The van der Waals surface area contributed by atoms with E-state index in [-0.39, 0.29) is 23.8 Å². The molecule has 2 aromatic rings. The summed E-state index contributed by atoms with van der Waals surface area (Å²) in [6.07, 6.45) is 0. The van der Waals surface area contributed by atoms with Crippen molar-refractivity contribution in [3.63, 3.8) is 0 Å². The summed E-state index contributed by atoms with van der Waals surface area (Å²) in [5, 5.41) is 0.325. The molecular formula is C16H18ClNO4S. The van der Waals surface area contributed by atoms with Gasteiger partial charge < -0.3 is 9.47 Å². The van der Waals surface area contributed by atoms with Crippen LogP contribution in [0, 0.1) is 0 Å². The van der Waals surface area contributed by atoms with Gasteiger partial charge in [0.05, 0.1) is 20.3 Å². The predicted octanol–water partition coefficient (Wildman–Crippen LogP) is 2.84. The Morgan fingerprint density at radius 3 is 2.57 bits per heavy atom. The molecule has 0 aromatic heterocycles. The summed E-state index contributed by atoms with van der Waals surface area (Å²) in [7, 11) is -2.30. The van der Waals surface area contributed by atoms with Gasteiger partial charge in [-0.3, -0.25) is 0 Å². The Balaban J connectivity index is 1.88. The van der Waals surface area contributed by atoms with E-state index >= 15 is 0 Å². The summed E-state index contributed by atoms with van der Waals surface area (Å²) < 4.78 is 37.6. The van der Waals surface area contributed by atoms with Crippen molar-refractivity contribution in [2.45, 2.75) is 11.5 Å². The van der Waals surface area contributed by atoms with Crippen LogP contribution in [0.25, 0.3) is 0 Å². The molecule has 7 heteroatoms. The maximum absolute atomic E-state index is 12.3. The van der Waals surface area contributed by atoms with Gasteiger partial charge in [0.2, 0.25) is 10.0 Å². The second-order valence-electron chi connectivity index (χ2n) is 4.73. The minimum atomic E-state index is -3.71. The van der Waals surface area contributed by atoms with E-state index in [0.29, 0.717) is 11.6 Å². The van der Waals surface area contributed by atoms with Crippen molar-refractivity contribution in [3.8, 4) is 5.75 Å². The Labute approximate surface area is 141 Å². The first kappa shape index (κ1) is 17.7. The molecule has 0 saturated carbocycles. The zero-order valence-electron chi connectivity index (χ0n) is 12.7. The maximum Gasteiger partial charge on any atom is 0.244 e. The van der Waals surface area contributed by atoms with E-state index < -0.39 is 10.0 Å². The molecule has 0 heterocycles. The summed E-state index contributed by atoms with van der Waals surface area (Å²) in [6, 6.07) is 14.1. The lowest BCUT2D eigenvalue weighted by Gasteiger charge is -2.11. The monoisotopic (exact) mass is 355 g/mol. The van der Waals surface area contributed by atoms with Crippen LogP contribution in [0.3, 0.4) is 0 Å². The summed E-state index contributed by atoms with van der Waals surface area (Å²) in [5.74, 6) is 0.243. The Morgan fingerprint density at radius 1 is 1.13 bits per heavy atom.